The molecule has 1 aliphatic rings. The van der Waals surface area contributed by atoms with E-state index in [0.717, 1.165) is 53.2 Å². The van der Waals surface area contributed by atoms with Crippen molar-refractivity contribution in [3.63, 3.8) is 0 Å². The minimum absolute atomic E-state index is 0.379. The summed E-state index contributed by atoms with van der Waals surface area (Å²) in [6.07, 6.45) is 9.99. The van der Waals surface area contributed by atoms with Crippen molar-refractivity contribution in [3.05, 3.63) is 43.0 Å². The van der Waals surface area contributed by atoms with Gasteiger partial charge in [0.05, 0.1) is 35.8 Å². The highest BCUT2D eigenvalue weighted by molar-refractivity contribution is 5.91. The molecule has 1 N–H and O–H groups in total. The third-order valence-corrected chi connectivity index (χ3v) is 5.86. The maximum absolute atomic E-state index is 5.45. The number of hydrogen-bond donors (Lipinski definition) is 1. The zero-order valence-electron chi connectivity index (χ0n) is 17.1. The molecule has 0 bridgehead atoms. The zero-order chi connectivity index (χ0) is 20.5. The normalized spacial score (nSPS) is 19.3. The molecule has 1 fully saturated rings. The van der Waals surface area contributed by atoms with Gasteiger partial charge >= 0.3 is 0 Å². The van der Waals surface area contributed by atoms with E-state index in [2.05, 4.69) is 31.4 Å². The van der Waals surface area contributed by atoms with Crippen molar-refractivity contribution < 1.29 is 9.47 Å². The summed E-state index contributed by atoms with van der Waals surface area (Å²) < 4.78 is 12.7. The van der Waals surface area contributed by atoms with Gasteiger partial charge in [-0.15, -0.1) is 5.10 Å². The molecular weight excluding hydrogens is 380 g/mol. The molecule has 8 nitrogen and oxygen atoms in total. The van der Waals surface area contributed by atoms with E-state index < -0.39 is 0 Å². The number of nitrogens with zero attached hydrogens (tertiary/aromatic N) is 5. The lowest BCUT2D eigenvalue weighted by Crippen LogP contribution is -2.30. The van der Waals surface area contributed by atoms with Crippen LogP contribution in [0.4, 0.5) is 5.95 Å². The number of ether oxygens (including phenoxy) is 2. The van der Waals surface area contributed by atoms with E-state index >= 15 is 0 Å². The van der Waals surface area contributed by atoms with Crippen LogP contribution in [-0.4, -0.2) is 50.9 Å². The highest BCUT2D eigenvalue weighted by Crippen LogP contribution is 2.31. The Labute approximate surface area is 174 Å². The first-order valence-corrected chi connectivity index (χ1v) is 10.2. The third-order valence-electron chi connectivity index (χ3n) is 5.86. The molecule has 154 valence electrons. The van der Waals surface area contributed by atoms with E-state index in [1.54, 1.807) is 14.2 Å². The molecule has 0 spiro atoms. The average Bonchev–Trinajstić information content (AvgIpc) is 3.22. The van der Waals surface area contributed by atoms with Crippen molar-refractivity contribution in [2.45, 2.75) is 37.8 Å². The molecule has 5 rings (SSSR count). The van der Waals surface area contributed by atoms with Gasteiger partial charge in [0, 0.05) is 24.9 Å². The second-order valence-electron chi connectivity index (χ2n) is 7.61. The number of benzene rings is 1. The maximum atomic E-state index is 5.45. The molecule has 0 unspecified atom stereocenters. The minimum Gasteiger partial charge on any atom is -0.480 e. The van der Waals surface area contributed by atoms with Crippen LogP contribution in [0.1, 0.15) is 25.7 Å². The molecule has 30 heavy (non-hydrogen) atoms. The van der Waals surface area contributed by atoms with Crippen LogP contribution >= 0.6 is 0 Å². The van der Waals surface area contributed by atoms with Crippen LogP contribution in [0.5, 0.6) is 5.88 Å². The first kappa shape index (κ1) is 18.7. The molecule has 0 amide bonds. The molecule has 1 aliphatic carbocycles. The molecular formula is C22H24N6O2. The van der Waals surface area contributed by atoms with E-state index in [1.165, 1.54) is 6.33 Å². The number of aromatic nitrogens is 5. The van der Waals surface area contributed by atoms with Crippen molar-refractivity contribution in [2.24, 2.45) is 0 Å². The smallest absolute Gasteiger partial charge is 0.241 e. The Morgan fingerprint density at radius 2 is 1.90 bits per heavy atom. The molecule has 0 atom stereocenters. The monoisotopic (exact) mass is 404 g/mol. The summed E-state index contributed by atoms with van der Waals surface area (Å²) in [5.74, 6) is 1.22. The van der Waals surface area contributed by atoms with E-state index in [-0.39, 0.29) is 0 Å². The average molecular weight is 404 g/mol. The van der Waals surface area contributed by atoms with Gasteiger partial charge < -0.3 is 14.8 Å². The molecule has 0 saturated heterocycles. The van der Waals surface area contributed by atoms with Crippen molar-refractivity contribution in [3.8, 4) is 17.0 Å². The van der Waals surface area contributed by atoms with Gasteiger partial charge in [0.1, 0.15) is 6.33 Å². The van der Waals surface area contributed by atoms with Crippen LogP contribution in [0.3, 0.4) is 0 Å². The summed E-state index contributed by atoms with van der Waals surface area (Å²) in [6, 6.07) is 8.51. The Bertz CT molecular complexity index is 1180. The van der Waals surface area contributed by atoms with Crippen LogP contribution in [0, 0.1) is 0 Å². The van der Waals surface area contributed by atoms with Crippen molar-refractivity contribution >= 4 is 22.4 Å². The van der Waals surface area contributed by atoms with Crippen molar-refractivity contribution in [2.75, 3.05) is 19.5 Å². The van der Waals surface area contributed by atoms with Crippen molar-refractivity contribution in [1.82, 2.24) is 24.6 Å². The fourth-order valence-electron chi connectivity index (χ4n) is 4.20. The Balaban J connectivity index is 1.42. The Morgan fingerprint density at radius 1 is 1.03 bits per heavy atom. The second-order valence-corrected chi connectivity index (χ2v) is 7.61. The highest BCUT2D eigenvalue weighted by Gasteiger charge is 2.21. The zero-order valence-corrected chi connectivity index (χ0v) is 17.1. The lowest BCUT2D eigenvalue weighted by Gasteiger charge is -2.28. The molecule has 1 aromatic carbocycles. The lowest BCUT2D eigenvalue weighted by molar-refractivity contribution is 0.0681. The number of nitrogens with one attached hydrogen (secondary N) is 1. The Hall–Kier alpha value is -3.26. The van der Waals surface area contributed by atoms with E-state index in [9.17, 15) is 0 Å². The van der Waals surface area contributed by atoms with Crippen LogP contribution in [0.25, 0.3) is 27.5 Å². The predicted molar refractivity (Wildman–Crippen MR) is 115 cm³/mol. The van der Waals surface area contributed by atoms with Crippen LogP contribution in [-0.2, 0) is 4.74 Å². The first-order chi connectivity index (χ1) is 14.7. The number of anilines is 1. The second kappa shape index (κ2) is 7.87. The summed E-state index contributed by atoms with van der Waals surface area (Å²) in [6.45, 7) is 0. The van der Waals surface area contributed by atoms with Crippen LogP contribution in [0.2, 0.25) is 0 Å². The first-order valence-electron chi connectivity index (χ1n) is 10.2. The Kier molecular flexibility index (Phi) is 4.92. The molecule has 4 aromatic rings. The third kappa shape index (κ3) is 3.43. The van der Waals surface area contributed by atoms with Gasteiger partial charge in [-0.1, -0.05) is 6.07 Å². The molecule has 0 aliphatic heterocycles. The van der Waals surface area contributed by atoms with Gasteiger partial charge in [-0.05, 0) is 49.4 Å². The Morgan fingerprint density at radius 3 is 2.70 bits per heavy atom. The largest absolute Gasteiger partial charge is 0.480 e. The van der Waals surface area contributed by atoms with Crippen LogP contribution in [0.15, 0.2) is 43.0 Å². The summed E-state index contributed by atoms with van der Waals surface area (Å²) in [5.41, 5.74) is 3.88. The van der Waals surface area contributed by atoms with Gasteiger partial charge in [-0.25, -0.2) is 19.5 Å². The van der Waals surface area contributed by atoms with Crippen LogP contribution < -0.4 is 10.1 Å². The molecule has 1 saturated carbocycles. The van der Waals surface area contributed by atoms with Gasteiger partial charge in [-0.3, -0.25) is 0 Å². The summed E-state index contributed by atoms with van der Waals surface area (Å²) in [5, 5.41) is 9.02. The SMILES string of the molecule is COc1ncnc2ccc(-c3ccn4nc(NC5CCC(OC)CC5)ncc34)cc12. The molecule has 8 heteroatoms. The topological polar surface area (TPSA) is 86.5 Å². The molecule has 3 aromatic heterocycles. The van der Waals surface area contributed by atoms with E-state index in [4.69, 9.17) is 9.47 Å². The number of fused-ring (bicyclic) bond motifs is 2. The summed E-state index contributed by atoms with van der Waals surface area (Å²) >= 11 is 0. The molecule has 3 heterocycles. The number of methoxy groups -OCH3 is 2. The van der Waals surface area contributed by atoms with Gasteiger partial charge in [-0.2, -0.15) is 0 Å². The number of hydrogen-bond acceptors (Lipinski definition) is 7. The summed E-state index contributed by atoms with van der Waals surface area (Å²) in [7, 11) is 3.41. The van der Waals surface area contributed by atoms with Gasteiger partial charge in [0.25, 0.3) is 0 Å². The van der Waals surface area contributed by atoms with Crippen molar-refractivity contribution in [1.29, 1.82) is 0 Å². The maximum Gasteiger partial charge on any atom is 0.241 e. The highest BCUT2D eigenvalue weighted by atomic mass is 16.5. The molecule has 0 radical (unpaired) electrons. The van der Waals surface area contributed by atoms with Gasteiger partial charge in [0.15, 0.2) is 0 Å². The lowest BCUT2D eigenvalue weighted by atomic mass is 9.93. The minimum atomic E-state index is 0.379. The standard InChI is InChI=1S/C22H24N6O2/c1-29-16-6-4-15(5-7-16)26-22-23-12-20-17(9-10-28(20)27-22)14-3-8-19-18(11-14)21(30-2)25-13-24-19/h3,8-13,15-16H,4-7H2,1-2H3,(H,26,27). The fourth-order valence-corrected chi connectivity index (χ4v) is 4.20. The summed E-state index contributed by atoms with van der Waals surface area (Å²) in [4.78, 5) is 13.1. The van der Waals surface area contributed by atoms with Gasteiger partial charge in [0.2, 0.25) is 11.8 Å². The predicted octanol–water partition coefficient (Wildman–Crippen LogP) is 3.72. The number of rotatable bonds is 5. The van der Waals surface area contributed by atoms with E-state index in [0.29, 0.717) is 24.0 Å². The van der Waals surface area contributed by atoms with E-state index in [1.807, 2.05) is 35.1 Å². The quantitative estimate of drug-likeness (QED) is 0.542. The fraction of sp³-hybridized carbons (Fsp3) is 0.364.